The average Bonchev–Trinajstić information content (AvgIpc) is 2.29. The van der Waals surface area contributed by atoms with Crippen molar-refractivity contribution in [1.29, 1.82) is 0 Å². The standard InChI is InChI=1S/C14H21BrFNO/c1-11-12(5-4-6-13(11)15)7-8-17-9-14(2,16)10-18-3/h4-6,17H,7-10H2,1-3H3. The highest BCUT2D eigenvalue weighted by Gasteiger charge is 2.22. The number of methoxy groups -OCH3 is 1. The predicted molar refractivity (Wildman–Crippen MR) is 76.8 cm³/mol. The van der Waals surface area contributed by atoms with Gasteiger partial charge in [-0.05, 0) is 44.0 Å². The third-order valence-electron chi connectivity index (χ3n) is 2.89. The lowest BCUT2D eigenvalue weighted by Crippen LogP contribution is -2.38. The molecule has 0 saturated heterocycles. The summed E-state index contributed by atoms with van der Waals surface area (Å²) in [7, 11) is 1.52. The van der Waals surface area contributed by atoms with Gasteiger partial charge >= 0.3 is 0 Å². The zero-order valence-corrected chi connectivity index (χ0v) is 12.8. The molecule has 0 radical (unpaired) electrons. The van der Waals surface area contributed by atoms with E-state index in [0.717, 1.165) is 17.4 Å². The molecule has 0 spiro atoms. The summed E-state index contributed by atoms with van der Waals surface area (Å²) in [5.74, 6) is 0. The zero-order valence-electron chi connectivity index (χ0n) is 11.2. The fraction of sp³-hybridized carbons (Fsp3) is 0.571. The Bertz CT molecular complexity index is 382. The second-order valence-electron chi connectivity index (χ2n) is 4.80. The van der Waals surface area contributed by atoms with Crippen LogP contribution >= 0.6 is 15.9 Å². The third-order valence-corrected chi connectivity index (χ3v) is 3.75. The quantitative estimate of drug-likeness (QED) is 0.779. The molecule has 0 amide bonds. The Morgan fingerprint density at radius 2 is 2.17 bits per heavy atom. The maximum atomic E-state index is 13.8. The summed E-state index contributed by atoms with van der Waals surface area (Å²) in [6.45, 7) is 4.84. The van der Waals surface area contributed by atoms with E-state index in [1.54, 1.807) is 6.92 Å². The van der Waals surface area contributed by atoms with Crippen LogP contribution in [0.15, 0.2) is 22.7 Å². The Hall–Kier alpha value is -0.450. The molecular formula is C14H21BrFNO. The van der Waals surface area contributed by atoms with Gasteiger partial charge in [-0.25, -0.2) is 4.39 Å². The topological polar surface area (TPSA) is 21.3 Å². The maximum Gasteiger partial charge on any atom is 0.143 e. The van der Waals surface area contributed by atoms with Crippen molar-refractivity contribution in [2.24, 2.45) is 0 Å². The van der Waals surface area contributed by atoms with E-state index in [4.69, 9.17) is 4.74 Å². The first-order valence-electron chi connectivity index (χ1n) is 6.09. The van der Waals surface area contributed by atoms with E-state index < -0.39 is 5.67 Å². The van der Waals surface area contributed by atoms with E-state index in [2.05, 4.69) is 34.2 Å². The van der Waals surface area contributed by atoms with Crippen molar-refractivity contribution in [3.63, 3.8) is 0 Å². The molecule has 1 aromatic rings. The fourth-order valence-electron chi connectivity index (χ4n) is 1.85. The Balaban J connectivity index is 2.36. The highest BCUT2D eigenvalue weighted by molar-refractivity contribution is 9.10. The van der Waals surface area contributed by atoms with Gasteiger partial charge in [0.2, 0.25) is 0 Å². The second-order valence-corrected chi connectivity index (χ2v) is 5.65. The Morgan fingerprint density at radius 1 is 1.44 bits per heavy atom. The molecule has 102 valence electrons. The number of halogens is 2. The summed E-state index contributed by atoms with van der Waals surface area (Å²) in [5, 5.41) is 3.14. The van der Waals surface area contributed by atoms with Gasteiger partial charge in [-0.15, -0.1) is 0 Å². The minimum Gasteiger partial charge on any atom is -0.381 e. The fourth-order valence-corrected chi connectivity index (χ4v) is 2.25. The molecular weight excluding hydrogens is 297 g/mol. The van der Waals surface area contributed by atoms with Crippen molar-refractivity contribution in [1.82, 2.24) is 5.32 Å². The van der Waals surface area contributed by atoms with Crippen molar-refractivity contribution in [3.8, 4) is 0 Å². The average molecular weight is 318 g/mol. The minimum absolute atomic E-state index is 0.121. The molecule has 18 heavy (non-hydrogen) atoms. The Kier molecular flexibility index (Phi) is 6.26. The van der Waals surface area contributed by atoms with Crippen molar-refractivity contribution < 1.29 is 9.13 Å². The van der Waals surface area contributed by atoms with Crippen molar-refractivity contribution >= 4 is 15.9 Å². The third kappa shape index (κ3) is 5.04. The molecule has 1 unspecified atom stereocenters. The molecule has 0 bridgehead atoms. The first-order chi connectivity index (χ1) is 8.46. The highest BCUT2D eigenvalue weighted by Crippen LogP contribution is 2.19. The monoisotopic (exact) mass is 317 g/mol. The van der Waals surface area contributed by atoms with Gasteiger partial charge in [0.25, 0.3) is 0 Å². The predicted octanol–water partition coefficient (Wildman–Crippen LogP) is 3.26. The summed E-state index contributed by atoms with van der Waals surface area (Å²) in [5.41, 5.74) is 1.23. The van der Waals surface area contributed by atoms with Crippen LogP contribution in [-0.4, -0.2) is 32.5 Å². The maximum absolute atomic E-state index is 13.8. The van der Waals surface area contributed by atoms with Crippen LogP contribution in [0.1, 0.15) is 18.1 Å². The first-order valence-corrected chi connectivity index (χ1v) is 6.88. The molecule has 1 atom stereocenters. The number of hydrogen-bond acceptors (Lipinski definition) is 2. The van der Waals surface area contributed by atoms with Gasteiger partial charge in [0.15, 0.2) is 0 Å². The van der Waals surface area contributed by atoms with Crippen LogP contribution in [0.5, 0.6) is 0 Å². The van der Waals surface area contributed by atoms with Crippen LogP contribution in [0.3, 0.4) is 0 Å². The van der Waals surface area contributed by atoms with Gasteiger partial charge < -0.3 is 10.1 Å². The van der Waals surface area contributed by atoms with E-state index >= 15 is 0 Å². The van der Waals surface area contributed by atoms with Crippen molar-refractivity contribution in [3.05, 3.63) is 33.8 Å². The van der Waals surface area contributed by atoms with Gasteiger partial charge in [-0.2, -0.15) is 0 Å². The summed E-state index contributed by atoms with van der Waals surface area (Å²) in [4.78, 5) is 0. The van der Waals surface area contributed by atoms with Crippen LogP contribution in [0.4, 0.5) is 4.39 Å². The van der Waals surface area contributed by atoms with Crippen molar-refractivity contribution in [2.75, 3.05) is 26.8 Å². The Morgan fingerprint density at radius 3 is 2.83 bits per heavy atom. The zero-order chi connectivity index (χ0) is 13.6. The van der Waals surface area contributed by atoms with E-state index in [1.165, 1.54) is 18.2 Å². The number of hydrogen-bond donors (Lipinski definition) is 1. The van der Waals surface area contributed by atoms with Crippen LogP contribution in [0.2, 0.25) is 0 Å². The number of benzene rings is 1. The summed E-state index contributed by atoms with van der Waals surface area (Å²) in [6.07, 6.45) is 0.897. The molecule has 1 N–H and O–H groups in total. The van der Waals surface area contributed by atoms with Gasteiger partial charge in [-0.1, -0.05) is 28.1 Å². The first kappa shape index (κ1) is 15.6. The molecule has 0 aliphatic rings. The largest absolute Gasteiger partial charge is 0.381 e. The highest BCUT2D eigenvalue weighted by atomic mass is 79.9. The SMILES string of the molecule is COCC(C)(F)CNCCc1cccc(Br)c1C. The van der Waals surface area contributed by atoms with Crippen LogP contribution in [-0.2, 0) is 11.2 Å². The lowest BCUT2D eigenvalue weighted by molar-refractivity contribution is 0.0549. The summed E-state index contributed by atoms with van der Waals surface area (Å²) < 4.78 is 19.7. The van der Waals surface area contributed by atoms with Gasteiger partial charge in [0.05, 0.1) is 6.61 Å². The van der Waals surface area contributed by atoms with Crippen molar-refractivity contribution in [2.45, 2.75) is 25.9 Å². The molecule has 1 rings (SSSR count). The van der Waals surface area contributed by atoms with Crippen LogP contribution < -0.4 is 5.32 Å². The number of rotatable bonds is 7. The van der Waals surface area contributed by atoms with Gasteiger partial charge in [0.1, 0.15) is 5.67 Å². The molecule has 0 heterocycles. The number of nitrogens with one attached hydrogen (secondary N) is 1. The smallest absolute Gasteiger partial charge is 0.143 e. The lowest BCUT2D eigenvalue weighted by Gasteiger charge is -2.20. The molecule has 0 aliphatic heterocycles. The molecule has 0 aliphatic carbocycles. The van der Waals surface area contributed by atoms with E-state index in [1.807, 2.05) is 12.1 Å². The molecule has 4 heteroatoms. The molecule has 1 aromatic carbocycles. The molecule has 0 fully saturated rings. The second kappa shape index (κ2) is 7.22. The van der Waals surface area contributed by atoms with Gasteiger partial charge in [-0.3, -0.25) is 0 Å². The summed E-state index contributed by atoms with van der Waals surface area (Å²) in [6, 6.07) is 6.16. The van der Waals surface area contributed by atoms with E-state index in [0.29, 0.717) is 6.54 Å². The van der Waals surface area contributed by atoms with Crippen LogP contribution in [0, 0.1) is 6.92 Å². The summed E-state index contributed by atoms with van der Waals surface area (Å²) >= 11 is 3.51. The van der Waals surface area contributed by atoms with Crippen LogP contribution in [0.25, 0.3) is 0 Å². The lowest BCUT2D eigenvalue weighted by atomic mass is 10.1. The van der Waals surface area contributed by atoms with E-state index in [9.17, 15) is 4.39 Å². The molecule has 0 saturated carbocycles. The Labute approximate surface area is 117 Å². The number of ether oxygens (including phenoxy) is 1. The minimum atomic E-state index is -1.30. The van der Waals surface area contributed by atoms with Gasteiger partial charge in [0, 0.05) is 18.1 Å². The molecule has 2 nitrogen and oxygen atoms in total. The molecule has 0 aromatic heterocycles. The normalized spacial score (nSPS) is 14.5. The number of alkyl halides is 1. The van der Waals surface area contributed by atoms with E-state index in [-0.39, 0.29) is 6.61 Å².